The van der Waals surface area contributed by atoms with Crippen LogP contribution in [0, 0.1) is 0 Å². The number of carbonyl (C=O) groups is 3. The highest BCUT2D eigenvalue weighted by molar-refractivity contribution is 6.16. The van der Waals surface area contributed by atoms with Crippen LogP contribution in [0.4, 0.5) is 0 Å². The Hall–Kier alpha value is -3.59. The van der Waals surface area contributed by atoms with Crippen molar-refractivity contribution in [3.05, 3.63) is 71.5 Å². The summed E-state index contributed by atoms with van der Waals surface area (Å²) < 4.78 is 0. The molecule has 3 N–H and O–H groups in total. The molecular weight excluding hydrogens is 388 g/mol. The number of Topliss-reactive ketones (excluding diaryl/α,β-unsaturated/α-hetero) is 1. The maximum Gasteiger partial charge on any atom is 0.290 e. The zero-order valence-electron chi connectivity index (χ0n) is 16.4. The van der Waals surface area contributed by atoms with Gasteiger partial charge in [-0.1, -0.05) is 25.8 Å². The quantitative estimate of drug-likeness (QED) is 0.345. The van der Waals surface area contributed by atoms with E-state index in [0.29, 0.717) is 12.1 Å². The lowest BCUT2D eigenvalue weighted by Gasteiger charge is -2.32. The van der Waals surface area contributed by atoms with Crippen LogP contribution in [-0.2, 0) is 9.59 Å². The molecule has 1 aliphatic heterocycles. The molecule has 3 heterocycles. The first-order valence-corrected chi connectivity index (χ1v) is 9.56. The Morgan fingerprint density at radius 1 is 1.20 bits per heavy atom. The first-order valence-electron chi connectivity index (χ1n) is 9.56. The van der Waals surface area contributed by atoms with Crippen LogP contribution in [0.3, 0.4) is 0 Å². The largest absolute Gasteiger partial charge is 0.503 e. The molecule has 2 aromatic rings. The second-order valence-electron chi connectivity index (χ2n) is 6.83. The lowest BCUT2D eigenvalue weighted by Crippen LogP contribution is -2.49. The molecule has 0 bridgehead atoms. The molecular formula is C21H22N4O5. The number of hydrogen-bond donors (Lipinski definition) is 3. The van der Waals surface area contributed by atoms with Gasteiger partial charge < -0.3 is 10.0 Å². The van der Waals surface area contributed by atoms with Crippen LogP contribution in [0.2, 0.25) is 0 Å². The number of pyridine rings is 2. The number of carbonyl (C=O) groups excluding carboxylic acids is 3. The van der Waals surface area contributed by atoms with Crippen molar-refractivity contribution in [3.8, 4) is 0 Å². The third kappa shape index (κ3) is 3.92. The number of nitrogens with one attached hydrogen (secondary N) is 1. The van der Waals surface area contributed by atoms with Gasteiger partial charge in [0.1, 0.15) is 12.1 Å². The summed E-state index contributed by atoms with van der Waals surface area (Å²) >= 11 is 0. The third-order valence-corrected chi connectivity index (χ3v) is 4.98. The minimum atomic E-state index is -1.10. The maximum absolute atomic E-state index is 13.2. The Kier molecular flexibility index (Phi) is 6.53. The van der Waals surface area contributed by atoms with Gasteiger partial charge in [0.15, 0.2) is 11.5 Å². The molecule has 9 nitrogen and oxygen atoms in total. The summed E-state index contributed by atoms with van der Waals surface area (Å²) in [7, 11) is 0. The summed E-state index contributed by atoms with van der Waals surface area (Å²) in [6, 6.07) is 5.73. The predicted molar refractivity (Wildman–Crippen MR) is 105 cm³/mol. The zero-order valence-corrected chi connectivity index (χ0v) is 16.4. The molecule has 0 aromatic carbocycles. The van der Waals surface area contributed by atoms with Crippen molar-refractivity contribution in [2.24, 2.45) is 0 Å². The number of amides is 2. The molecule has 2 unspecified atom stereocenters. The fourth-order valence-corrected chi connectivity index (χ4v) is 3.53. The summed E-state index contributed by atoms with van der Waals surface area (Å²) in [5, 5.41) is 19.9. The second kappa shape index (κ2) is 9.27. The number of nitrogens with zero attached hydrogens (tertiary/aromatic N) is 3. The standard InChI is InChI=1S/C21H22N4O5/c1-2-3-7-15(20(28)24-30)25-17(14-6-4-5-10-23-14)16(19(27)21(25)29)18(26)13-8-11-22-12-9-13/h4-6,8-12,15,17,27,30H,2-3,7H2,1H3,(H,24,28). The molecule has 1 aliphatic rings. The molecule has 2 aromatic heterocycles. The summed E-state index contributed by atoms with van der Waals surface area (Å²) in [4.78, 5) is 47.9. The third-order valence-electron chi connectivity index (χ3n) is 4.98. The number of aliphatic hydroxyl groups excluding tert-OH is 1. The topological polar surface area (TPSA) is 133 Å². The number of aromatic nitrogens is 2. The van der Waals surface area contributed by atoms with Gasteiger partial charge in [-0.3, -0.25) is 29.6 Å². The van der Waals surface area contributed by atoms with E-state index in [4.69, 9.17) is 0 Å². The van der Waals surface area contributed by atoms with Gasteiger partial charge in [0, 0.05) is 24.2 Å². The maximum atomic E-state index is 13.2. The summed E-state index contributed by atoms with van der Waals surface area (Å²) in [6.45, 7) is 1.92. The molecule has 0 spiro atoms. The van der Waals surface area contributed by atoms with Gasteiger partial charge in [-0.05, 0) is 30.7 Å². The average Bonchev–Trinajstić information content (AvgIpc) is 3.05. The minimum absolute atomic E-state index is 0.169. The van der Waals surface area contributed by atoms with E-state index in [-0.39, 0.29) is 17.6 Å². The van der Waals surface area contributed by atoms with Crippen LogP contribution in [0.25, 0.3) is 0 Å². The molecule has 9 heteroatoms. The Balaban J connectivity index is 2.13. The van der Waals surface area contributed by atoms with Crippen molar-refractivity contribution in [1.82, 2.24) is 20.3 Å². The molecule has 2 atom stereocenters. The smallest absolute Gasteiger partial charge is 0.290 e. The van der Waals surface area contributed by atoms with Gasteiger partial charge in [0.2, 0.25) is 0 Å². The number of hydrogen-bond acceptors (Lipinski definition) is 7. The zero-order chi connectivity index (χ0) is 21.7. The lowest BCUT2D eigenvalue weighted by atomic mass is 9.94. The SMILES string of the molecule is CCCCC(C(=O)NO)N1C(=O)C(O)=C(C(=O)c2ccncc2)C1c1ccccn1. The Bertz CT molecular complexity index is 962. The van der Waals surface area contributed by atoms with E-state index in [1.54, 1.807) is 23.7 Å². The molecule has 0 saturated carbocycles. The van der Waals surface area contributed by atoms with Crippen LogP contribution < -0.4 is 5.48 Å². The van der Waals surface area contributed by atoms with E-state index < -0.39 is 35.4 Å². The molecule has 2 amide bonds. The first-order chi connectivity index (χ1) is 14.5. The Morgan fingerprint density at radius 3 is 2.53 bits per heavy atom. The van der Waals surface area contributed by atoms with Crippen LogP contribution in [0.15, 0.2) is 60.3 Å². The predicted octanol–water partition coefficient (Wildman–Crippen LogP) is 2.12. The van der Waals surface area contributed by atoms with Gasteiger partial charge in [0.05, 0.1) is 11.3 Å². The van der Waals surface area contributed by atoms with Crippen molar-refractivity contribution in [1.29, 1.82) is 0 Å². The number of unbranched alkanes of at least 4 members (excludes halogenated alkanes) is 1. The van der Waals surface area contributed by atoms with Crippen LogP contribution >= 0.6 is 0 Å². The molecule has 0 fully saturated rings. The number of hydroxylamine groups is 1. The monoisotopic (exact) mass is 410 g/mol. The summed E-state index contributed by atoms with van der Waals surface area (Å²) in [6.07, 6.45) is 5.92. The van der Waals surface area contributed by atoms with E-state index in [1.807, 2.05) is 6.92 Å². The van der Waals surface area contributed by atoms with Gasteiger partial charge in [-0.25, -0.2) is 5.48 Å². The Labute approximate surface area is 173 Å². The number of rotatable bonds is 8. The van der Waals surface area contributed by atoms with Gasteiger partial charge in [-0.15, -0.1) is 0 Å². The van der Waals surface area contributed by atoms with E-state index in [2.05, 4.69) is 9.97 Å². The highest BCUT2D eigenvalue weighted by atomic mass is 16.5. The van der Waals surface area contributed by atoms with Crippen LogP contribution in [-0.4, -0.2) is 48.8 Å². The fraction of sp³-hybridized carbons (Fsp3) is 0.286. The second-order valence-corrected chi connectivity index (χ2v) is 6.83. The van der Waals surface area contributed by atoms with Gasteiger partial charge >= 0.3 is 0 Å². The summed E-state index contributed by atoms with van der Waals surface area (Å²) in [5.74, 6) is -2.98. The van der Waals surface area contributed by atoms with Crippen molar-refractivity contribution < 1.29 is 24.7 Å². The van der Waals surface area contributed by atoms with Crippen molar-refractivity contribution >= 4 is 17.6 Å². The van der Waals surface area contributed by atoms with Crippen LogP contribution in [0.1, 0.15) is 48.3 Å². The fourth-order valence-electron chi connectivity index (χ4n) is 3.53. The van der Waals surface area contributed by atoms with E-state index in [0.717, 1.165) is 11.3 Å². The van der Waals surface area contributed by atoms with Crippen LogP contribution in [0.5, 0.6) is 0 Å². The highest BCUT2D eigenvalue weighted by Gasteiger charge is 2.48. The molecule has 0 radical (unpaired) electrons. The van der Waals surface area contributed by atoms with Gasteiger partial charge in [-0.2, -0.15) is 0 Å². The highest BCUT2D eigenvalue weighted by Crippen LogP contribution is 2.40. The summed E-state index contributed by atoms with van der Waals surface area (Å²) in [5.41, 5.74) is 1.97. The van der Waals surface area contributed by atoms with E-state index >= 15 is 0 Å². The van der Waals surface area contributed by atoms with Crippen molar-refractivity contribution in [3.63, 3.8) is 0 Å². The lowest BCUT2D eigenvalue weighted by molar-refractivity contribution is -0.144. The Morgan fingerprint density at radius 2 is 1.93 bits per heavy atom. The normalized spacial score (nSPS) is 17.2. The minimum Gasteiger partial charge on any atom is -0.503 e. The van der Waals surface area contributed by atoms with Gasteiger partial charge in [0.25, 0.3) is 11.8 Å². The average molecular weight is 410 g/mol. The molecule has 3 rings (SSSR count). The number of ketones is 1. The first kappa shape index (κ1) is 21.1. The molecule has 0 saturated heterocycles. The molecule has 0 aliphatic carbocycles. The molecule has 30 heavy (non-hydrogen) atoms. The van der Waals surface area contributed by atoms with Crippen molar-refractivity contribution in [2.45, 2.75) is 38.3 Å². The number of aliphatic hydroxyl groups is 1. The van der Waals surface area contributed by atoms with E-state index in [1.165, 1.54) is 30.7 Å². The molecule has 156 valence electrons. The van der Waals surface area contributed by atoms with E-state index in [9.17, 15) is 24.7 Å². The van der Waals surface area contributed by atoms with Crippen molar-refractivity contribution in [2.75, 3.05) is 0 Å².